The molecule has 2 aliphatic rings. The summed E-state index contributed by atoms with van der Waals surface area (Å²) in [4.78, 5) is 4.75. The van der Waals surface area contributed by atoms with Crippen LogP contribution in [-0.2, 0) is 10.2 Å². The van der Waals surface area contributed by atoms with E-state index in [1.165, 1.54) is 50.6 Å². The molecule has 1 aliphatic carbocycles. The highest BCUT2D eigenvalue weighted by Crippen LogP contribution is 2.50. The highest BCUT2D eigenvalue weighted by Gasteiger charge is 2.48. The molecule has 0 bridgehead atoms. The van der Waals surface area contributed by atoms with E-state index in [4.69, 9.17) is 9.72 Å². The molecule has 1 unspecified atom stereocenters. The van der Waals surface area contributed by atoms with Crippen molar-refractivity contribution in [1.29, 1.82) is 0 Å². The first-order chi connectivity index (χ1) is 10.1. The van der Waals surface area contributed by atoms with Crippen LogP contribution in [0.25, 0.3) is 0 Å². The van der Waals surface area contributed by atoms with Gasteiger partial charge in [-0.3, -0.25) is 4.98 Å². The monoisotopic (exact) mass is 287 g/mol. The SMILES string of the molecule is CC(C)CCC1(c2ccccn2)CCOC2(CCCC2)C1. The molecule has 2 fully saturated rings. The Morgan fingerprint density at radius 1 is 1.19 bits per heavy atom. The van der Waals surface area contributed by atoms with Gasteiger partial charge in [-0.2, -0.15) is 0 Å². The van der Waals surface area contributed by atoms with E-state index in [-0.39, 0.29) is 11.0 Å². The number of ether oxygens (including phenoxy) is 1. The Balaban J connectivity index is 1.88. The number of hydrogen-bond donors (Lipinski definition) is 0. The van der Waals surface area contributed by atoms with E-state index in [1.807, 2.05) is 12.3 Å². The van der Waals surface area contributed by atoms with Crippen molar-refractivity contribution in [2.75, 3.05) is 6.61 Å². The van der Waals surface area contributed by atoms with Gasteiger partial charge in [0.15, 0.2) is 0 Å². The van der Waals surface area contributed by atoms with E-state index in [0.717, 1.165) is 18.9 Å². The van der Waals surface area contributed by atoms with Gasteiger partial charge in [0.05, 0.1) is 5.60 Å². The normalized spacial score (nSPS) is 28.3. The van der Waals surface area contributed by atoms with Gasteiger partial charge in [-0.15, -0.1) is 0 Å². The first kappa shape index (κ1) is 15.0. The molecule has 1 saturated carbocycles. The summed E-state index contributed by atoms with van der Waals surface area (Å²) in [5.74, 6) is 0.757. The third kappa shape index (κ3) is 3.15. The van der Waals surface area contributed by atoms with Gasteiger partial charge in [0, 0.05) is 23.9 Å². The quantitative estimate of drug-likeness (QED) is 0.787. The lowest BCUT2D eigenvalue weighted by Gasteiger charge is -2.46. The average molecular weight is 287 g/mol. The molecule has 2 heterocycles. The lowest BCUT2D eigenvalue weighted by Crippen LogP contribution is -2.46. The number of aromatic nitrogens is 1. The maximum atomic E-state index is 6.28. The molecule has 1 aliphatic heterocycles. The lowest BCUT2D eigenvalue weighted by molar-refractivity contribution is -0.105. The van der Waals surface area contributed by atoms with Crippen molar-refractivity contribution < 1.29 is 4.74 Å². The fraction of sp³-hybridized carbons (Fsp3) is 0.737. The van der Waals surface area contributed by atoms with E-state index >= 15 is 0 Å². The number of hydrogen-bond acceptors (Lipinski definition) is 2. The molecule has 0 radical (unpaired) electrons. The number of rotatable bonds is 4. The topological polar surface area (TPSA) is 22.1 Å². The van der Waals surface area contributed by atoms with Crippen LogP contribution in [0.3, 0.4) is 0 Å². The summed E-state index contributed by atoms with van der Waals surface area (Å²) in [7, 11) is 0. The van der Waals surface area contributed by atoms with E-state index in [2.05, 4.69) is 26.0 Å². The molecular formula is C19H29NO. The Morgan fingerprint density at radius 3 is 2.67 bits per heavy atom. The Bertz CT molecular complexity index is 450. The predicted molar refractivity (Wildman–Crippen MR) is 86.4 cm³/mol. The van der Waals surface area contributed by atoms with Crippen molar-refractivity contribution in [3.05, 3.63) is 30.1 Å². The van der Waals surface area contributed by atoms with E-state index in [0.29, 0.717) is 0 Å². The minimum Gasteiger partial charge on any atom is -0.375 e. The van der Waals surface area contributed by atoms with Gasteiger partial charge in [-0.1, -0.05) is 39.2 Å². The molecule has 0 aromatic carbocycles. The molecule has 1 saturated heterocycles. The van der Waals surface area contributed by atoms with Gasteiger partial charge in [-0.25, -0.2) is 0 Å². The Kier molecular flexibility index (Phi) is 4.35. The van der Waals surface area contributed by atoms with Gasteiger partial charge in [0.25, 0.3) is 0 Å². The van der Waals surface area contributed by atoms with Crippen molar-refractivity contribution in [3.8, 4) is 0 Å². The molecule has 0 amide bonds. The van der Waals surface area contributed by atoms with Crippen LogP contribution in [0.4, 0.5) is 0 Å². The molecule has 1 aromatic heterocycles. The van der Waals surface area contributed by atoms with Gasteiger partial charge < -0.3 is 4.74 Å². The van der Waals surface area contributed by atoms with Crippen molar-refractivity contribution in [2.45, 2.75) is 76.2 Å². The second-order valence-electron chi connectivity index (χ2n) is 7.59. The zero-order valence-corrected chi connectivity index (χ0v) is 13.6. The van der Waals surface area contributed by atoms with Gasteiger partial charge >= 0.3 is 0 Å². The molecule has 1 aromatic rings. The third-order valence-electron chi connectivity index (χ3n) is 5.57. The van der Waals surface area contributed by atoms with Crippen LogP contribution in [0, 0.1) is 5.92 Å². The molecule has 2 heteroatoms. The van der Waals surface area contributed by atoms with Crippen LogP contribution < -0.4 is 0 Å². The third-order valence-corrected chi connectivity index (χ3v) is 5.57. The van der Waals surface area contributed by atoms with E-state index in [9.17, 15) is 0 Å². The summed E-state index contributed by atoms with van der Waals surface area (Å²) in [6.45, 7) is 5.57. The van der Waals surface area contributed by atoms with Crippen molar-refractivity contribution >= 4 is 0 Å². The summed E-state index contributed by atoms with van der Waals surface area (Å²) in [6.07, 6.45) is 12.0. The lowest BCUT2D eigenvalue weighted by atomic mass is 9.67. The second-order valence-corrected chi connectivity index (χ2v) is 7.59. The summed E-state index contributed by atoms with van der Waals surface area (Å²) in [6, 6.07) is 6.43. The van der Waals surface area contributed by atoms with Crippen molar-refractivity contribution in [2.24, 2.45) is 5.92 Å². The molecule has 0 N–H and O–H groups in total. The summed E-state index contributed by atoms with van der Waals surface area (Å²) < 4.78 is 6.28. The molecule has 21 heavy (non-hydrogen) atoms. The zero-order chi connectivity index (χ0) is 14.8. The van der Waals surface area contributed by atoms with Crippen LogP contribution in [0.15, 0.2) is 24.4 Å². The summed E-state index contributed by atoms with van der Waals surface area (Å²) in [5.41, 5.74) is 1.71. The smallest absolute Gasteiger partial charge is 0.0691 e. The number of pyridine rings is 1. The maximum Gasteiger partial charge on any atom is 0.0691 e. The fourth-order valence-corrected chi connectivity index (χ4v) is 4.36. The maximum absolute atomic E-state index is 6.28. The minimum atomic E-state index is 0.159. The molecule has 2 nitrogen and oxygen atoms in total. The molecule has 116 valence electrons. The number of nitrogens with zero attached hydrogens (tertiary/aromatic N) is 1. The first-order valence-corrected chi connectivity index (χ1v) is 8.70. The Hall–Kier alpha value is -0.890. The van der Waals surface area contributed by atoms with Crippen LogP contribution in [0.1, 0.15) is 70.9 Å². The summed E-state index contributed by atoms with van der Waals surface area (Å²) >= 11 is 0. The largest absolute Gasteiger partial charge is 0.375 e. The fourth-order valence-electron chi connectivity index (χ4n) is 4.36. The minimum absolute atomic E-state index is 0.159. The van der Waals surface area contributed by atoms with Gasteiger partial charge in [-0.05, 0) is 50.2 Å². The van der Waals surface area contributed by atoms with E-state index in [1.54, 1.807) is 0 Å². The van der Waals surface area contributed by atoms with Crippen molar-refractivity contribution in [3.63, 3.8) is 0 Å². The van der Waals surface area contributed by atoms with Crippen LogP contribution >= 0.6 is 0 Å². The predicted octanol–water partition coefficient (Wildman–Crippen LogP) is 4.88. The van der Waals surface area contributed by atoms with Crippen LogP contribution in [0.2, 0.25) is 0 Å². The Labute approximate surface area is 129 Å². The summed E-state index contributed by atoms with van der Waals surface area (Å²) in [5, 5.41) is 0. The Morgan fingerprint density at radius 2 is 2.00 bits per heavy atom. The van der Waals surface area contributed by atoms with Gasteiger partial charge in [0.2, 0.25) is 0 Å². The first-order valence-electron chi connectivity index (χ1n) is 8.70. The second kappa shape index (κ2) is 6.08. The molecule has 3 rings (SSSR count). The molecule has 1 atom stereocenters. The molecular weight excluding hydrogens is 258 g/mol. The van der Waals surface area contributed by atoms with Gasteiger partial charge in [0.1, 0.15) is 0 Å². The highest BCUT2D eigenvalue weighted by atomic mass is 16.5. The zero-order valence-electron chi connectivity index (χ0n) is 13.6. The average Bonchev–Trinajstić information content (AvgIpc) is 2.94. The van der Waals surface area contributed by atoms with E-state index < -0.39 is 0 Å². The van der Waals surface area contributed by atoms with Crippen LogP contribution in [0.5, 0.6) is 0 Å². The molecule has 1 spiro atoms. The standard InChI is InChI=1S/C19H29NO/c1-16(2)8-11-18(17-7-3-6-13-20-17)12-14-21-19(15-18)9-4-5-10-19/h3,6-7,13,16H,4-5,8-12,14-15H2,1-2H3. The van der Waals surface area contributed by atoms with Crippen LogP contribution in [-0.4, -0.2) is 17.2 Å². The van der Waals surface area contributed by atoms with Crippen molar-refractivity contribution in [1.82, 2.24) is 4.98 Å². The highest BCUT2D eigenvalue weighted by molar-refractivity contribution is 5.20.